The maximum Gasteiger partial charge on any atom is 0.418 e. The molecule has 1 unspecified atom stereocenters. The van der Waals surface area contributed by atoms with E-state index < -0.39 is 23.8 Å². The fraction of sp³-hybridized carbons (Fsp3) is 0.393. The Kier molecular flexibility index (Phi) is 6.90. The standard InChI is InChI=1S/C28H29F3N4O3/c1-2-3-24(38-20-10-6-16-12-13-33-25(32)21(16)15-20)26(36)34-18-7-11-23(22(14-18)28(29,30)31)35-19-8-4-17(5-9-19)27(35)37/h6-7,10-15,17,19,24H,2-5,8-9H2,1H3,(H2,32,33)(H,34,36). The normalized spacial score (nSPS) is 20.0. The number of alkyl halides is 3. The molecule has 10 heteroatoms. The van der Waals surface area contributed by atoms with E-state index in [1.807, 2.05) is 6.92 Å². The van der Waals surface area contributed by atoms with Crippen LogP contribution in [0.5, 0.6) is 5.75 Å². The van der Waals surface area contributed by atoms with Gasteiger partial charge in [0.2, 0.25) is 5.91 Å². The molecular formula is C28H29F3N4O3. The first-order valence-corrected chi connectivity index (χ1v) is 12.8. The molecule has 3 N–H and O–H groups in total. The number of nitrogen functional groups attached to an aromatic ring is 1. The molecule has 2 aromatic carbocycles. The number of carbonyl (C=O) groups is 2. The van der Waals surface area contributed by atoms with E-state index in [0.717, 1.165) is 11.5 Å². The van der Waals surface area contributed by atoms with Gasteiger partial charge >= 0.3 is 6.18 Å². The molecule has 1 aliphatic carbocycles. The molecule has 38 heavy (non-hydrogen) atoms. The zero-order valence-corrected chi connectivity index (χ0v) is 20.9. The molecule has 0 radical (unpaired) electrons. The Morgan fingerprint density at radius 2 is 1.92 bits per heavy atom. The van der Waals surface area contributed by atoms with Crippen LogP contribution in [0.15, 0.2) is 48.7 Å². The minimum atomic E-state index is -4.70. The Morgan fingerprint density at radius 1 is 1.16 bits per heavy atom. The van der Waals surface area contributed by atoms with Crippen LogP contribution in [0.2, 0.25) is 0 Å². The summed E-state index contributed by atoms with van der Waals surface area (Å²) < 4.78 is 48.3. The number of hydrogen-bond donors (Lipinski definition) is 2. The molecule has 2 bridgehead atoms. The van der Waals surface area contributed by atoms with Crippen molar-refractivity contribution < 1.29 is 27.5 Å². The summed E-state index contributed by atoms with van der Waals surface area (Å²) in [5, 5.41) is 4.11. The number of aromatic nitrogens is 1. The number of anilines is 3. The number of halogens is 3. The second kappa shape index (κ2) is 10.2. The summed E-state index contributed by atoms with van der Waals surface area (Å²) >= 11 is 0. The van der Waals surface area contributed by atoms with Crippen LogP contribution in [0.1, 0.15) is 51.0 Å². The van der Waals surface area contributed by atoms with Crippen LogP contribution in [0.25, 0.3) is 10.8 Å². The lowest BCUT2D eigenvalue weighted by Crippen LogP contribution is -2.53. The molecule has 1 aromatic heterocycles. The van der Waals surface area contributed by atoms with Crippen molar-refractivity contribution in [3.05, 3.63) is 54.2 Å². The van der Waals surface area contributed by atoms with Gasteiger partial charge in [0.05, 0.1) is 11.3 Å². The second-order valence-corrected chi connectivity index (χ2v) is 9.91. The van der Waals surface area contributed by atoms with Gasteiger partial charge in [0, 0.05) is 29.2 Å². The molecule has 6 rings (SSSR count). The first-order chi connectivity index (χ1) is 18.2. The third-order valence-electron chi connectivity index (χ3n) is 7.37. The number of nitrogens with two attached hydrogens (primary N) is 1. The maximum absolute atomic E-state index is 14.1. The fourth-order valence-electron chi connectivity index (χ4n) is 5.46. The smallest absolute Gasteiger partial charge is 0.418 e. The first kappa shape index (κ1) is 25.8. The van der Waals surface area contributed by atoms with Crippen LogP contribution in [0.4, 0.5) is 30.4 Å². The van der Waals surface area contributed by atoms with Crippen molar-refractivity contribution in [2.75, 3.05) is 16.0 Å². The van der Waals surface area contributed by atoms with Gasteiger partial charge in [0.15, 0.2) is 6.10 Å². The molecule has 200 valence electrons. The van der Waals surface area contributed by atoms with Crippen LogP contribution >= 0.6 is 0 Å². The largest absolute Gasteiger partial charge is 0.481 e. The van der Waals surface area contributed by atoms with Gasteiger partial charge in [-0.1, -0.05) is 19.4 Å². The highest BCUT2D eigenvalue weighted by molar-refractivity contribution is 5.99. The number of carbonyl (C=O) groups excluding carboxylic acids is 2. The Balaban J connectivity index is 1.39. The number of rotatable bonds is 7. The fourth-order valence-corrected chi connectivity index (χ4v) is 5.46. The van der Waals surface area contributed by atoms with Crippen molar-refractivity contribution in [3.63, 3.8) is 0 Å². The minimum Gasteiger partial charge on any atom is -0.481 e. The van der Waals surface area contributed by atoms with Crippen LogP contribution in [-0.4, -0.2) is 28.9 Å². The number of benzene rings is 2. The molecule has 1 atom stereocenters. The van der Waals surface area contributed by atoms with E-state index in [9.17, 15) is 22.8 Å². The lowest BCUT2D eigenvalue weighted by atomic mass is 9.78. The molecular weight excluding hydrogens is 497 g/mol. The number of nitrogens with one attached hydrogen (secondary N) is 1. The highest BCUT2D eigenvalue weighted by atomic mass is 19.4. The monoisotopic (exact) mass is 526 g/mol. The summed E-state index contributed by atoms with van der Waals surface area (Å²) in [5.74, 6) is -0.327. The molecule has 2 saturated heterocycles. The van der Waals surface area contributed by atoms with E-state index in [1.54, 1.807) is 30.5 Å². The van der Waals surface area contributed by atoms with Gasteiger partial charge in [-0.3, -0.25) is 9.59 Å². The highest BCUT2D eigenvalue weighted by Crippen LogP contribution is 2.44. The molecule has 2 aliphatic heterocycles. The molecule has 3 aliphatic rings. The van der Waals surface area contributed by atoms with Crippen molar-refractivity contribution in [1.29, 1.82) is 0 Å². The van der Waals surface area contributed by atoms with Gasteiger partial charge < -0.3 is 20.7 Å². The van der Waals surface area contributed by atoms with Crippen LogP contribution < -0.4 is 20.7 Å². The highest BCUT2D eigenvalue weighted by Gasteiger charge is 2.44. The Labute approximate surface area is 218 Å². The second-order valence-electron chi connectivity index (χ2n) is 9.91. The van der Waals surface area contributed by atoms with Crippen LogP contribution in [0, 0.1) is 5.92 Å². The van der Waals surface area contributed by atoms with Crippen LogP contribution in [0.3, 0.4) is 0 Å². The molecule has 7 nitrogen and oxygen atoms in total. The first-order valence-electron chi connectivity index (χ1n) is 12.8. The lowest BCUT2D eigenvalue weighted by molar-refractivity contribution is -0.137. The van der Waals surface area contributed by atoms with Crippen molar-refractivity contribution >= 4 is 39.8 Å². The molecule has 0 spiro atoms. The van der Waals surface area contributed by atoms with Crippen molar-refractivity contribution in [2.24, 2.45) is 5.92 Å². The predicted octanol–water partition coefficient (Wildman–Crippen LogP) is 5.93. The number of amides is 2. The van der Waals surface area contributed by atoms with E-state index in [2.05, 4.69) is 10.3 Å². The molecule has 3 aromatic rings. The van der Waals surface area contributed by atoms with Crippen LogP contribution in [-0.2, 0) is 15.8 Å². The maximum atomic E-state index is 14.1. The van der Waals surface area contributed by atoms with Gasteiger partial charge in [-0.15, -0.1) is 0 Å². The summed E-state index contributed by atoms with van der Waals surface area (Å²) in [6.45, 7) is 1.88. The number of hydrogen-bond acceptors (Lipinski definition) is 5. The van der Waals surface area contributed by atoms with E-state index in [-0.39, 0.29) is 29.2 Å². The number of piperidine rings is 2. The quantitative estimate of drug-likeness (QED) is 0.398. The summed E-state index contributed by atoms with van der Waals surface area (Å²) in [7, 11) is 0. The van der Waals surface area contributed by atoms with Gasteiger partial charge in [-0.25, -0.2) is 4.98 Å². The third-order valence-corrected chi connectivity index (χ3v) is 7.37. The van der Waals surface area contributed by atoms with Crippen molar-refractivity contribution in [1.82, 2.24) is 4.98 Å². The van der Waals surface area contributed by atoms with E-state index >= 15 is 0 Å². The lowest BCUT2D eigenvalue weighted by Gasteiger charge is -2.45. The number of nitrogens with zero attached hydrogens (tertiary/aromatic N) is 2. The van der Waals surface area contributed by atoms with Crippen molar-refractivity contribution in [2.45, 2.75) is 63.8 Å². The molecule has 1 saturated carbocycles. The average Bonchev–Trinajstić information content (AvgIpc) is 2.89. The molecule has 2 amide bonds. The van der Waals surface area contributed by atoms with E-state index in [4.69, 9.17) is 10.5 Å². The van der Waals surface area contributed by atoms with Gasteiger partial charge in [0.25, 0.3) is 5.91 Å². The summed E-state index contributed by atoms with van der Waals surface area (Å²) in [6, 6.07) is 10.3. The number of ether oxygens (including phenoxy) is 1. The van der Waals surface area contributed by atoms with Gasteiger partial charge in [-0.2, -0.15) is 13.2 Å². The Bertz CT molecular complexity index is 1370. The van der Waals surface area contributed by atoms with Gasteiger partial charge in [0.1, 0.15) is 11.6 Å². The third kappa shape index (κ3) is 4.99. The van der Waals surface area contributed by atoms with Crippen molar-refractivity contribution in [3.8, 4) is 5.75 Å². The Hall–Kier alpha value is -3.82. The van der Waals surface area contributed by atoms with Gasteiger partial charge in [-0.05, 0) is 73.9 Å². The minimum absolute atomic E-state index is 0.0163. The number of fused-ring (bicyclic) bond motifs is 4. The molecule has 3 fully saturated rings. The van der Waals surface area contributed by atoms with E-state index in [1.165, 1.54) is 17.0 Å². The SMILES string of the molecule is CCCC(Oc1ccc2ccnc(N)c2c1)C(=O)Nc1ccc(N2C(=O)C3CCC2CC3)c(C(F)(F)F)c1. The average molecular weight is 527 g/mol. The summed E-state index contributed by atoms with van der Waals surface area (Å²) in [6.07, 6.45) is -0.267. The Morgan fingerprint density at radius 3 is 2.61 bits per heavy atom. The van der Waals surface area contributed by atoms with E-state index in [0.29, 0.717) is 55.5 Å². The summed E-state index contributed by atoms with van der Waals surface area (Å²) in [4.78, 5) is 31.3. The number of pyridine rings is 1. The zero-order valence-electron chi connectivity index (χ0n) is 20.9. The predicted molar refractivity (Wildman–Crippen MR) is 139 cm³/mol. The topological polar surface area (TPSA) is 97.6 Å². The molecule has 3 heterocycles. The summed E-state index contributed by atoms with van der Waals surface area (Å²) in [5.41, 5.74) is 4.84. The zero-order chi connectivity index (χ0) is 27.0.